The fourth-order valence-electron chi connectivity index (χ4n) is 3.70. The quantitative estimate of drug-likeness (QED) is 0.863. The van der Waals surface area contributed by atoms with Gasteiger partial charge in [-0.15, -0.1) is 0 Å². The largest absolute Gasteiger partial charge is 0.494 e. The Morgan fingerprint density at radius 3 is 2.59 bits per heavy atom. The molecule has 2 aromatic rings. The summed E-state index contributed by atoms with van der Waals surface area (Å²) in [6, 6.07) is 9.74. The molecule has 2 aromatic carbocycles. The van der Waals surface area contributed by atoms with Gasteiger partial charge in [-0.1, -0.05) is 12.1 Å². The van der Waals surface area contributed by atoms with Gasteiger partial charge in [-0.05, 0) is 35.4 Å². The highest BCUT2D eigenvalue weighted by Gasteiger charge is 2.33. The molecule has 4 rings (SSSR count). The molecule has 0 atom stereocenters. The van der Waals surface area contributed by atoms with E-state index in [9.17, 15) is 12.8 Å². The van der Waals surface area contributed by atoms with E-state index in [1.165, 1.54) is 23.5 Å². The molecule has 0 spiro atoms. The maximum absolute atomic E-state index is 14.0. The van der Waals surface area contributed by atoms with E-state index in [1.54, 1.807) is 0 Å². The first-order valence-electron chi connectivity index (χ1n) is 8.91. The van der Waals surface area contributed by atoms with Crippen molar-refractivity contribution in [1.82, 2.24) is 9.62 Å². The molecule has 1 fully saturated rings. The summed E-state index contributed by atoms with van der Waals surface area (Å²) in [6.07, 6.45) is 0. The third kappa shape index (κ3) is 3.28. The normalized spacial score (nSPS) is 17.8. The number of nitrogens with zero attached hydrogens (tertiary/aromatic N) is 2. The van der Waals surface area contributed by atoms with Crippen LogP contribution in [0.1, 0.15) is 11.1 Å². The lowest BCUT2D eigenvalue weighted by atomic mass is 10.1. The lowest BCUT2D eigenvalue weighted by Gasteiger charge is -2.31. The van der Waals surface area contributed by atoms with Crippen LogP contribution in [0, 0.1) is 5.82 Å². The minimum atomic E-state index is -3.79. The predicted octanol–water partition coefficient (Wildman–Crippen LogP) is 1.95. The Hall–Kier alpha value is -2.16. The summed E-state index contributed by atoms with van der Waals surface area (Å²) in [4.78, 5) is 2.23. The molecule has 1 N–H and O–H groups in total. The Bertz CT molecular complexity index is 959. The van der Waals surface area contributed by atoms with Crippen molar-refractivity contribution >= 4 is 15.7 Å². The fraction of sp³-hybridized carbons (Fsp3) is 0.368. The highest BCUT2D eigenvalue weighted by atomic mass is 32.2. The van der Waals surface area contributed by atoms with Crippen LogP contribution in [0.4, 0.5) is 10.1 Å². The summed E-state index contributed by atoms with van der Waals surface area (Å²) < 4.78 is 46.4. The van der Waals surface area contributed by atoms with E-state index >= 15 is 0 Å². The van der Waals surface area contributed by atoms with Crippen LogP contribution in [0.2, 0.25) is 0 Å². The Balaban J connectivity index is 1.63. The van der Waals surface area contributed by atoms with Crippen molar-refractivity contribution in [3.05, 3.63) is 53.3 Å². The number of hydrogen-bond acceptors (Lipinski definition) is 5. The third-order valence-corrected chi connectivity index (χ3v) is 6.94. The average molecular weight is 391 g/mol. The number of ether oxygens (including phenoxy) is 1. The molecule has 2 aliphatic heterocycles. The summed E-state index contributed by atoms with van der Waals surface area (Å²) >= 11 is 0. The molecule has 0 unspecified atom stereocenters. The maximum atomic E-state index is 14.0. The molecule has 0 aliphatic carbocycles. The molecule has 2 heterocycles. The minimum absolute atomic E-state index is 0.0275. The third-order valence-electron chi connectivity index (χ3n) is 5.15. The van der Waals surface area contributed by atoms with Crippen molar-refractivity contribution in [2.45, 2.75) is 18.0 Å². The van der Waals surface area contributed by atoms with Gasteiger partial charge in [0, 0.05) is 45.0 Å². The number of nitrogens with one attached hydrogen (secondary N) is 1. The van der Waals surface area contributed by atoms with E-state index in [-0.39, 0.29) is 10.6 Å². The minimum Gasteiger partial charge on any atom is -0.494 e. The number of methoxy groups -OCH3 is 1. The molecule has 0 radical (unpaired) electrons. The number of rotatable bonds is 4. The number of hydrogen-bond donors (Lipinski definition) is 1. The molecule has 8 heteroatoms. The van der Waals surface area contributed by atoms with Crippen LogP contribution in [0.15, 0.2) is 41.3 Å². The Kier molecular flexibility index (Phi) is 4.79. The number of piperazine rings is 1. The number of sulfonamides is 1. The highest BCUT2D eigenvalue weighted by molar-refractivity contribution is 7.89. The van der Waals surface area contributed by atoms with Gasteiger partial charge in [0.25, 0.3) is 0 Å². The molecule has 27 heavy (non-hydrogen) atoms. The lowest BCUT2D eigenvalue weighted by Crippen LogP contribution is -2.43. The molecule has 6 nitrogen and oxygen atoms in total. The van der Waals surface area contributed by atoms with Crippen LogP contribution in [-0.2, 0) is 23.1 Å². The molecule has 2 aliphatic rings. The summed E-state index contributed by atoms with van der Waals surface area (Å²) in [6.45, 7) is 4.21. The first-order valence-corrected chi connectivity index (χ1v) is 10.3. The van der Waals surface area contributed by atoms with Gasteiger partial charge in [-0.3, -0.25) is 0 Å². The summed E-state index contributed by atoms with van der Waals surface area (Å²) in [5.41, 5.74) is 3.13. The lowest BCUT2D eigenvalue weighted by molar-refractivity contribution is 0.385. The van der Waals surface area contributed by atoms with Crippen molar-refractivity contribution in [3.63, 3.8) is 0 Å². The Morgan fingerprint density at radius 2 is 1.89 bits per heavy atom. The number of halogens is 1. The fourth-order valence-corrected chi connectivity index (χ4v) is 5.10. The number of benzene rings is 2. The first kappa shape index (κ1) is 18.2. The second-order valence-electron chi connectivity index (χ2n) is 6.72. The van der Waals surface area contributed by atoms with Crippen molar-refractivity contribution < 1.29 is 17.5 Å². The molecule has 1 saturated heterocycles. The summed E-state index contributed by atoms with van der Waals surface area (Å²) in [5.74, 6) is -0.656. The van der Waals surface area contributed by atoms with Crippen molar-refractivity contribution in [2.75, 3.05) is 38.2 Å². The van der Waals surface area contributed by atoms with Crippen LogP contribution in [0.3, 0.4) is 0 Å². The molecular formula is C19H22FN3O3S. The Labute approximate surface area is 158 Å². The average Bonchev–Trinajstić information content (AvgIpc) is 3.14. The van der Waals surface area contributed by atoms with Gasteiger partial charge in [0.2, 0.25) is 10.0 Å². The second kappa shape index (κ2) is 7.10. The van der Waals surface area contributed by atoms with Crippen molar-refractivity contribution in [1.29, 1.82) is 0 Å². The van der Waals surface area contributed by atoms with Gasteiger partial charge in [0.1, 0.15) is 0 Å². The van der Waals surface area contributed by atoms with E-state index in [4.69, 9.17) is 4.74 Å². The molecular weight excluding hydrogens is 369 g/mol. The van der Waals surface area contributed by atoms with Crippen LogP contribution < -0.4 is 15.0 Å². The molecule has 0 saturated carbocycles. The monoisotopic (exact) mass is 391 g/mol. The molecule has 0 amide bonds. The standard InChI is InChI=1S/C19H22FN3O3S/c1-26-19-6-5-15(11-17(19)20)27(24,25)23-12-14-3-2-4-18(16(14)13-23)22-9-7-21-8-10-22/h2-6,11,21H,7-10,12-13H2,1H3. The van der Waals surface area contributed by atoms with Crippen molar-refractivity contribution in [3.8, 4) is 5.75 Å². The maximum Gasteiger partial charge on any atom is 0.243 e. The first-order chi connectivity index (χ1) is 13.0. The summed E-state index contributed by atoms with van der Waals surface area (Å²) in [5, 5.41) is 3.33. The van der Waals surface area contributed by atoms with Gasteiger partial charge >= 0.3 is 0 Å². The van der Waals surface area contributed by atoms with Crippen LogP contribution >= 0.6 is 0 Å². The smallest absolute Gasteiger partial charge is 0.243 e. The van der Waals surface area contributed by atoms with E-state index in [0.717, 1.165) is 49.1 Å². The molecule has 0 bridgehead atoms. The number of anilines is 1. The van der Waals surface area contributed by atoms with Gasteiger partial charge in [-0.2, -0.15) is 4.31 Å². The van der Waals surface area contributed by atoms with E-state index in [0.29, 0.717) is 13.1 Å². The van der Waals surface area contributed by atoms with Crippen LogP contribution in [0.5, 0.6) is 5.75 Å². The van der Waals surface area contributed by atoms with Crippen molar-refractivity contribution in [2.24, 2.45) is 0 Å². The zero-order valence-electron chi connectivity index (χ0n) is 15.1. The van der Waals surface area contributed by atoms with Gasteiger partial charge < -0.3 is 15.0 Å². The van der Waals surface area contributed by atoms with Gasteiger partial charge in [0.15, 0.2) is 11.6 Å². The molecule has 0 aromatic heterocycles. The zero-order valence-corrected chi connectivity index (χ0v) is 15.9. The van der Waals surface area contributed by atoms with Gasteiger partial charge in [-0.25, -0.2) is 12.8 Å². The summed E-state index contributed by atoms with van der Waals surface area (Å²) in [7, 11) is -2.45. The predicted molar refractivity (Wildman–Crippen MR) is 101 cm³/mol. The van der Waals surface area contributed by atoms with Crippen LogP contribution in [-0.4, -0.2) is 46.0 Å². The molecule has 144 valence electrons. The highest BCUT2D eigenvalue weighted by Crippen LogP contribution is 2.35. The number of fused-ring (bicyclic) bond motifs is 1. The van der Waals surface area contributed by atoms with E-state index in [1.807, 2.05) is 18.2 Å². The van der Waals surface area contributed by atoms with E-state index in [2.05, 4.69) is 10.2 Å². The zero-order chi connectivity index (χ0) is 19.0. The topological polar surface area (TPSA) is 61.9 Å². The van der Waals surface area contributed by atoms with E-state index < -0.39 is 15.8 Å². The second-order valence-corrected chi connectivity index (χ2v) is 8.66. The Morgan fingerprint density at radius 1 is 1.11 bits per heavy atom. The van der Waals surface area contributed by atoms with Gasteiger partial charge in [0.05, 0.1) is 12.0 Å². The SMILES string of the molecule is COc1ccc(S(=O)(=O)N2Cc3cccc(N4CCNCC4)c3C2)cc1F. The van der Waals surface area contributed by atoms with Crippen LogP contribution in [0.25, 0.3) is 0 Å².